The molecular weight excluding hydrogens is 204 g/mol. The summed E-state index contributed by atoms with van der Waals surface area (Å²) in [5.41, 5.74) is 1.41. The second-order valence-electron chi connectivity index (χ2n) is 9.23. The molecule has 0 heterocycles. The fourth-order valence-electron chi connectivity index (χ4n) is 4.17. The smallest absolute Gasteiger partial charge is 0.0203 e. The molecule has 0 spiro atoms. The molecule has 0 aromatic rings. The Morgan fingerprint density at radius 1 is 0.706 bits per heavy atom. The van der Waals surface area contributed by atoms with E-state index in [2.05, 4.69) is 76.2 Å². The zero-order valence-electron chi connectivity index (χ0n) is 14.3. The van der Waals surface area contributed by atoms with E-state index in [0.717, 1.165) is 0 Å². The first-order chi connectivity index (χ1) is 7.15. The van der Waals surface area contributed by atoms with Gasteiger partial charge in [-0.05, 0) is 34.0 Å². The molecule has 0 nitrogen and oxygen atoms in total. The van der Waals surface area contributed by atoms with E-state index in [1.807, 2.05) is 0 Å². The second kappa shape index (κ2) is 4.59. The highest BCUT2D eigenvalue weighted by Crippen LogP contribution is 2.59. The number of hydrogen-bond donors (Lipinski definition) is 0. The first-order valence-corrected chi connectivity index (χ1v) is 7.15. The molecule has 0 fully saturated rings. The zero-order valence-corrected chi connectivity index (χ0v) is 14.3. The third-order valence-corrected chi connectivity index (χ3v) is 5.09. The van der Waals surface area contributed by atoms with Gasteiger partial charge in [0.1, 0.15) is 0 Å². The lowest BCUT2D eigenvalue weighted by molar-refractivity contribution is -0.0852. The van der Waals surface area contributed by atoms with Crippen LogP contribution in [0.1, 0.15) is 82.6 Å². The predicted octanol–water partition coefficient (Wildman–Crippen LogP) is 6.16. The molecule has 0 amide bonds. The largest absolute Gasteiger partial charge is 0.0622 e. The molecule has 0 heteroatoms. The molecule has 1 unspecified atom stereocenters. The summed E-state index contributed by atoms with van der Waals surface area (Å²) in [6.07, 6.45) is 1.27. The van der Waals surface area contributed by atoms with Crippen molar-refractivity contribution < 1.29 is 0 Å². The summed E-state index contributed by atoms with van der Waals surface area (Å²) in [5, 5.41) is 0. The molecule has 0 saturated heterocycles. The summed E-state index contributed by atoms with van der Waals surface area (Å²) in [5.74, 6) is 0.694. The summed E-state index contributed by atoms with van der Waals surface area (Å²) < 4.78 is 0. The van der Waals surface area contributed by atoms with Crippen molar-refractivity contribution in [1.82, 2.24) is 0 Å². The summed E-state index contributed by atoms with van der Waals surface area (Å²) in [4.78, 5) is 0. The lowest BCUT2D eigenvalue weighted by Crippen LogP contribution is -2.50. The summed E-state index contributed by atoms with van der Waals surface area (Å²) in [7, 11) is 0. The second-order valence-corrected chi connectivity index (χ2v) is 9.23. The van der Waals surface area contributed by atoms with Crippen LogP contribution in [0.25, 0.3) is 0 Å². The number of rotatable bonds is 3. The Balaban J connectivity index is 5.49. The van der Waals surface area contributed by atoms with Gasteiger partial charge in [0.2, 0.25) is 0 Å². The monoisotopic (exact) mass is 240 g/mol. The molecular formula is C17H36. The van der Waals surface area contributed by atoms with Crippen LogP contribution in [0.15, 0.2) is 0 Å². The van der Waals surface area contributed by atoms with Gasteiger partial charge in [-0.3, -0.25) is 0 Å². The van der Waals surface area contributed by atoms with E-state index >= 15 is 0 Å². The van der Waals surface area contributed by atoms with Crippen LogP contribution in [0.2, 0.25) is 0 Å². The van der Waals surface area contributed by atoms with Gasteiger partial charge < -0.3 is 0 Å². The van der Waals surface area contributed by atoms with Gasteiger partial charge in [-0.1, -0.05) is 76.2 Å². The van der Waals surface area contributed by atoms with Crippen molar-refractivity contribution >= 4 is 0 Å². The van der Waals surface area contributed by atoms with Crippen molar-refractivity contribution in [3.05, 3.63) is 0 Å². The highest BCUT2D eigenvalue weighted by atomic mass is 14.6. The van der Waals surface area contributed by atoms with Crippen LogP contribution in [-0.4, -0.2) is 0 Å². The number of hydrogen-bond acceptors (Lipinski definition) is 0. The molecule has 0 saturated carbocycles. The van der Waals surface area contributed by atoms with Gasteiger partial charge in [0.15, 0.2) is 0 Å². The first kappa shape index (κ1) is 17.0. The van der Waals surface area contributed by atoms with Gasteiger partial charge >= 0.3 is 0 Å². The topological polar surface area (TPSA) is 0 Å². The van der Waals surface area contributed by atoms with E-state index in [1.54, 1.807) is 0 Å². The third-order valence-electron chi connectivity index (χ3n) is 5.09. The van der Waals surface area contributed by atoms with E-state index in [-0.39, 0.29) is 0 Å². The Morgan fingerprint density at radius 3 is 1.24 bits per heavy atom. The molecule has 0 radical (unpaired) electrons. The predicted molar refractivity (Wildman–Crippen MR) is 80.3 cm³/mol. The fraction of sp³-hybridized carbons (Fsp3) is 1.00. The molecule has 0 aliphatic rings. The molecule has 0 rings (SSSR count). The standard InChI is InChI=1S/C17H36/c1-13(2)17(11,15(6,7)8)16(9,10)12-14(3,4)5/h13H,12H2,1-11H3. The molecule has 1 atom stereocenters. The maximum absolute atomic E-state index is 2.49. The van der Waals surface area contributed by atoms with Crippen molar-refractivity contribution in [2.75, 3.05) is 0 Å². The summed E-state index contributed by atoms with van der Waals surface area (Å²) in [6, 6.07) is 0. The lowest BCUT2D eigenvalue weighted by atomic mass is 9.47. The maximum Gasteiger partial charge on any atom is -0.0203 e. The third kappa shape index (κ3) is 3.48. The van der Waals surface area contributed by atoms with Crippen molar-refractivity contribution in [3.8, 4) is 0 Å². The summed E-state index contributed by atoms with van der Waals surface area (Å²) in [6.45, 7) is 26.5. The molecule has 0 aliphatic carbocycles. The van der Waals surface area contributed by atoms with Crippen LogP contribution >= 0.6 is 0 Å². The van der Waals surface area contributed by atoms with Crippen molar-refractivity contribution in [1.29, 1.82) is 0 Å². The van der Waals surface area contributed by atoms with Crippen LogP contribution in [0.3, 0.4) is 0 Å². The Kier molecular flexibility index (Phi) is 4.59. The average molecular weight is 240 g/mol. The molecule has 0 aromatic carbocycles. The lowest BCUT2D eigenvalue weighted by Gasteiger charge is -2.57. The highest BCUT2D eigenvalue weighted by molar-refractivity contribution is 5.00. The SMILES string of the molecule is CC(C)C(C)(C(C)(C)C)C(C)(C)CC(C)(C)C. The minimum Gasteiger partial charge on any atom is -0.0622 e. The Labute approximate surface area is 111 Å². The Hall–Kier alpha value is 0. The molecule has 0 aliphatic heterocycles. The highest BCUT2D eigenvalue weighted by Gasteiger charge is 2.51. The van der Waals surface area contributed by atoms with Gasteiger partial charge in [-0.25, -0.2) is 0 Å². The minimum atomic E-state index is 0.329. The fourth-order valence-corrected chi connectivity index (χ4v) is 4.17. The molecule has 0 bridgehead atoms. The van der Waals surface area contributed by atoms with E-state index in [4.69, 9.17) is 0 Å². The van der Waals surface area contributed by atoms with E-state index in [0.29, 0.717) is 27.6 Å². The molecule has 0 N–H and O–H groups in total. The first-order valence-electron chi connectivity index (χ1n) is 7.15. The van der Waals surface area contributed by atoms with Gasteiger partial charge in [0.25, 0.3) is 0 Å². The van der Waals surface area contributed by atoms with Gasteiger partial charge in [-0.15, -0.1) is 0 Å². The van der Waals surface area contributed by atoms with Crippen LogP contribution in [0.4, 0.5) is 0 Å². The normalized spacial score (nSPS) is 18.4. The molecule has 0 aromatic heterocycles. The van der Waals surface area contributed by atoms with Crippen molar-refractivity contribution in [3.63, 3.8) is 0 Å². The van der Waals surface area contributed by atoms with E-state index in [1.165, 1.54) is 6.42 Å². The average Bonchev–Trinajstić information content (AvgIpc) is 1.94. The van der Waals surface area contributed by atoms with Crippen LogP contribution in [0, 0.1) is 27.6 Å². The van der Waals surface area contributed by atoms with E-state index < -0.39 is 0 Å². The minimum absolute atomic E-state index is 0.329. The molecule has 104 valence electrons. The maximum atomic E-state index is 2.49. The summed E-state index contributed by atoms with van der Waals surface area (Å²) >= 11 is 0. The quantitative estimate of drug-likeness (QED) is 0.554. The van der Waals surface area contributed by atoms with Crippen LogP contribution in [-0.2, 0) is 0 Å². The van der Waals surface area contributed by atoms with E-state index in [9.17, 15) is 0 Å². The molecule has 17 heavy (non-hydrogen) atoms. The van der Waals surface area contributed by atoms with Crippen LogP contribution in [0.5, 0.6) is 0 Å². The van der Waals surface area contributed by atoms with Crippen molar-refractivity contribution in [2.45, 2.75) is 82.6 Å². The zero-order chi connectivity index (χ0) is 14.3. The van der Waals surface area contributed by atoms with Crippen LogP contribution < -0.4 is 0 Å². The van der Waals surface area contributed by atoms with Gasteiger partial charge in [0.05, 0.1) is 0 Å². The Morgan fingerprint density at radius 2 is 1.06 bits per heavy atom. The Bertz CT molecular complexity index is 244. The van der Waals surface area contributed by atoms with Gasteiger partial charge in [0, 0.05) is 0 Å². The van der Waals surface area contributed by atoms with Gasteiger partial charge in [-0.2, -0.15) is 0 Å². The van der Waals surface area contributed by atoms with Crippen molar-refractivity contribution in [2.24, 2.45) is 27.6 Å².